The van der Waals surface area contributed by atoms with E-state index in [0.29, 0.717) is 12.5 Å². The highest BCUT2D eigenvalue weighted by atomic mass is 16.5. The van der Waals surface area contributed by atoms with Crippen molar-refractivity contribution in [1.82, 2.24) is 14.9 Å². The van der Waals surface area contributed by atoms with Crippen molar-refractivity contribution >= 4 is 21.8 Å². The number of benzene rings is 1. The average Bonchev–Trinajstić information content (AvgIpc) is 3.52. The summed E-state index contributed by atoms with van der Waals surface area (Å²) < 4.78 is 11.8. The van der Waals surface area contributed by atoms with Gasteiger partial charge in [0.2, 0.25) is 0 Å². The minimum absolute atomic E-state index is 0.611. The Bertz CT molecular complexity index is 971. The Kier molecular flexibility index (Phi) is 4.85. The van der Waals surface area contributed by atoms with Crippen LogP contribution in [0.3, 0.4) is 0 Å². The molecule has 0 atom stereocenters. The molecule has 1 saturated heterocycles. The van der Waals surface area contributed by atoms with Gasteiger partial charge in [-0.15, -0.1) is 0 Å². The van der Waals surface area contributed by atoms with Gasteiger partial charge in [0, 0.05) is 41.0 Å². The molecule has 0 amide bonds. The number of nitrogens with zero attached hydrogens (tertiary/aromatic N) is 2. The van der Waals surface area contributed by atoms with E-state index in [-0.39, 0.29) is 0 Å². The number of pyridine rings is 1. The zero-order valence-corrected chi connectivity index (χ0v) is 16.7. The van der Waals surface area contributed by atoms with Crippen molar-refractivity contribution < 1.29 is 9.47 Å². The van der Waals surface area contributed by atoms with E-state index in [1.165, 1.54) is 61.7 Å². The predicted molar refractivity (Wildman–Crippen MR) is 113 cm³/mol. The fraction of sp³-hybridized carbons (Fsp3) is 0.522. The molecule has 0 radical (unpaired) electrons. The number of nitrogens with one attached hydrogen (secondary N) is 1. The van der Waals surface area contributed by atoms with E-state index in [9.17, 15) is 0 Å². The lowest BCUT2D eigenvalue weighted by Gasteiger charge is -2.26. The number of aromatic nitrogens is 2. The van der Waals surface area contributed by atoms with E-state index in [1.807, 2.05) is 6.20 Å². The summed E-state index contributed by atoms with van der Waals surface area (Å²) in [6, 6.07) is 6.26. The summed E-state index contributed by atoms with van der Waals surface area (Å²) in [7, 11) is 1.72. The zero-order chi connectivity index (χ0) is 18.9. The van der Waals surface area contributed by atoms with Crippen molar-refractivity contribution in [2.24, 2.45) is 0 Å². The molecule has 1 saturated carbocycles. The van der Waals surface area contributed by atoms with Gasteiger partial charge in [0.05, 0.1) is 24.9 Å². The van der Waals surface area contributed by atoms with Crippen molar-refractivity contribution in [2.75, 3.05) is 33.4 Å². The van der Waals surface area contributed by atoms with Crippen molar-refractivity contribution in [3.05, 3.63) is 30.1 Å². The molecular weight excluding hydrogens is 350 g/mol. The first-order valence-electron chi connectivity index (χ1n) is 10.7. The molecule has 0 unspecified atom stereocenters. The quantitative estimate of drug-likeness (QED) is 0.596. The Balaban J connectivity index is 1.37. The standard InChI is InChI=1S/C23H29N3O2/c1-27-20-14-17-19(25-18-8-9-24-23(22(17)18)16-6-7-16)15-21(20)28-13-5-12-26-10-3-2-4-11-26/h8-9,14-16,25H,2-7,10-13H2,1H3. The van der Waals surface area contributed by atoms with E-state index in [1.54, 1.807) is 7.11 Å². The average molecular weight is 380 g/mol. The number of hydrogen-bond donors (Lipinski definition) is 1. The van der Waals surface area contributed by atoms with Crippen LogP contribution in [0.4, 0.5) is 0 Å². The number of piperidine rings is 1. The summed E-state index contributed by atoms with van der Waals surface area (Å²) in [4.78, 5) is 10.8. The highest BCUT2D eigenvalue weighted by molar-refractivity contribution is 6.09. The van der Waals surface area contributed by atoms with Gasteiger partial charge < -0.3 is 19.4 Å². The SMILES string of the molecule is COc1cc2c(cc1OCCCN1CCCCC1)[nH]c1ccnc(C3CC3)c12. The van der Waals surface area contributed by atoms with Crippen LogP contribution in [0.5, 0.6) is 11.5 Å². The minimum Gasteiger partial charge on any atom is -0.493 e. The van der Waals surface area contributed by atoms with Gasteiger partial charge in [0.1, 0.15) is 0 Å². The second-order valence-corrected chi connectivity index (χ2v) is 8.17. The van der Waals surface area contributed by atoms with Gasteiger partial charge in [0.25, 0.3) is 0 Å². The number of methoxy groups -OCH3 is 1. The van der Waals surface area contributed by atoms with Gasteiger partial charge >= 0.3 is 0 Å². The summed E-state index contributed by atoms with van der Waals surface area (Å²) in [5, 5.41) is 2.43. The molecule has 2 fully saturated rings. The van der Waals surface area contributed by atoms with Crippen LogP contribution in [0.1, 0.15) is 50.1 Å². The third kappa shape index (κ3) is 3.44. The highest BCUT2D eigenvalue weighted by Gasteiger charge is 2.28. The zero-order valence-electron chi connectivity index (χ0n) is 16.7. The first kappa shape index (κ1) is 17.8. The summed E-state index contributed by atoms with van der Waals surface area (Å²) in [5.74, 6) is 2.23. The topological polar surface area (TPSA) is 50.4 Å². The summed E-state index contributed by atoms with van der Waals surface area (Å²) in [5.41, 5.74) is 3.47. The molecule has 1 aliphatic carbocycles. The number of hydrogen-bond acceptors (Lipinski definition) is 4. The number of rotatable bonds is 7. The van der Waals surface area contributed by atoms with E-state index in [4.69, 9.17) is 9.47 Å². The van der Waals surface area contributed by atoms with E-state index in [2.05, 4.69) is 33.1 Å². The molecule has 0 bridgehead atoms. The molecular formula is C23H29N3O2. The van der Waals surface area contributed by atoms with Crippen molar-refractivity contribution in [3.63, 3.8) is 0 Å². The maximum Gasteiger partial charge on any atom is 0.163 e. The van der Waals surface area contributed by atoms with Crippen LogP contribution in [0.2, 0.25) is 0 Å². The van der Waals surface area contributed by atoms with Crippen LogP contribution in [-0.4, -0.2) is 48.2 Å². The smallest absolute Gasteiger partial charge is 0.163 e. The van der Waals surface area contributed by atoms with Crippen molar-refractivity contribution in [2.45, 2.75) is 44.4 Å². The highest BCUT2D eigenvalue weighted by Crippen LogP contribution is 2.45. The molecule has 3 aromatic rings. The van der Waals surface area contributed by atoms with Gasteiger partial charge in [-0.2, -0.15) is 0 Å². The van der Waals surface area contributed by atoms with Crippen molar-refractivity contribution in [1.29, 1.82) is 0 Å². The summed E-state index contributed by atoms with van der Waals surface area (Å²) in [6.45, 7) is 4.31. The first-order chi connectivity index (χ1) is 13.8. The fourth-order valence-electron chi connectivity index (χ4n) is 4.47. The number of likely N-dealkylation sites (tertiary alicyclic amines) is 1. The Morgan fingerprint density at radius 1 is 1.11 bits per heavy atom. The van der Waals surface area contributed by atoms with E-state index >= 15 is 0 Å². The Morgan fingerprint density at radius 3 is 2.75 bits per heavy atom. The normalized spacial score (nSPS) is 18.0. The molecule has 2 aromatic heterocycles. The summed E-state index contributed by atoms with van der Waals surface area (Å²) in [6.07, 6.45) is 9.51. The van der Waals surface area contributed by atoms with Crippen LogP contribution in [0.25, 0.3) is 21.8 Å². The first-order valence-corrected chi connectivity index (χ1v) is 10.7. The Morgan fingerprint density at radius 2 is 1.96 bits per heavy atom. The maximum absolute atomic E-state index is 6.13. The van der Waals surface area contributed by atoms with Crippen LogP contribution in [-0.2, 0) is 0 Å². The number of fused-ring (bicyclic) bond motifs is 3. The van der Waals surface area contributed by atoms with Crippen LogP contribution in [0, 0.1) is 0 Å². The largest absolute Gasteiger partial charge is 0.493 e. The molecule has 1 aromatic carbocycles. The lowest BCUT2D eigenvalue weighted by Crippen LogP contribution is -2.31. The molecule has 5 heteroatoms. The number of aromatic amines is 1. The van der Waals surface area contributed by atoms with Gasteiger partial charge in [0.15, 0.2) is 11.5 Å². The number of H-pyrrole nitrogens is 1. The van der Waals surface area contributed by atoms with Crippen LogP contribution < -0.4 is 9.47 Å². The molecule has 28 heavy (non-hydrogen) atoms. The van der Waals surface area contributed by atoms with Gasteiger partial charge in [-0.1, -0.05) is 6.42 Å². The lowest BCUT2D eigenvalue weighted by molar-refractivity contribution is 0.203. The van der Waals surface area contributed by atoms with E-state index < -0.39 is 0 Å². The molecule has 0 spiro atoms. The fourth-order valence-corrected chi connectivity index (χ4v) is 4.47. The Hall–Kier alpha value is -2.27. The van der Waals surface area contributed by atoms with Crippen molar-refractivity contribution in [3.8, 4) is 11.5 Å². The van der Waals surface area contributed by atoms with Gasteiger partial charge in [-0.3, -0.25) is 4.98 Å². The molecule has 148 valence electrons. The lowest BCUT2D eigenvalue weighted by atomic mass is 10.1. The monoisotopic (exact) mass is 379 g/mol. The summed E-state index contributed by atoms with van der Waals surface area (Å²) >= 11 is 0. The van der Waals surface area contributed by atoms with Gasteiger partial charge in [-0.05, 0) is 57.3 Å². The number of ether oxygens (including phenoxy) is 2. The molecule has 1 N–H and O–H groups in total. The molecule has 1 aliphatic heterocycles. The maximum atomic E-state index is 6.13. The van der Waals surface area contributed by atoms with E-state index in [0.717, 1.165) is 35.5 Å². The molecule has 5 nitrogen and oxygen atoms in total. The predicted octanol–water partition coefficient (Wildman–Crippen LogP) is 4.86. The molecule has 3 heterocycles. The second kappa shape index (κ2) is 7.63. The van der Waals surface area contributed by atoms with Crippen LogP contribution >= 0.6 is 0 Å². The third-order valence-corrected chi connectivity index (χ3v) is 6.11. The Labute approximate surface area is 166 Å². The van der Waals surface area contributed by atoms with Gasteiger partial charge in [-0.25, -0.2) is 0 Å². The molecule has 5 rings (SSSR count). The third-order valence-electron chi connectivity index (χ3n) is 6.11. The van der Waals surface area contributed by atoms with Crippen LogP contribution in [0.15, 0.2) is 24.4 Å². The minimum atomic E-state index is 0.611. The molecule has 2 aliphatic rings. The second-order valence-electron chi connectivity index (χ2n) is 8.17.